The van der Waals surface area contributed by atoms with E-state index >= 15 is 0 Å². The molecule has 2 aromatic rings. The van der Waals surface area contributed by atoms with Crippen LogP contribution in [-0.4, -0.2) is 18.9 Å². The summed E-state index contributed by atoms with van der Waals surface area (Å²) in [6.07, 6.45) is 0.948. The molecule has 0 bridgehead atoms. The highest BCUT2D eigenvalue weighted by Crippen LogP contribution is 2.32. The minimum Gasteiger partial charge on any atom is -0.456 e. The maximum Gasteiger partial charge on any atom is 0.141 e. The molecule has 0 fully saturated rings. The molecular formula is C18H18ClFN2O. The van der Waals surface area contributed by atoms with Gasteiger partial charge in [-0.2, -0.15) is 0 Å². The Morgan fingerprint density at radius 3 is 2.61 bits per heavy atom. The van der Waals surface area contributed by atoms with Crippen molar-refractivity contribution in [2.45, 2.75) is 20.3 Å². The molecular weight excluding hydrogens is 315 g/mol. The minimum atomic E-state index is -0.349. The lowest BCUT2D eigenvalue weighted by Crippen LogP contribution is -2.31. The molecule has 120 valence electrons. The third-order valence-electron chi connectivity index (χ3n) is 3.75. The predicted molar refractivity (Wildman–Crippen MR) is 91.4 cm³/mol. The summed E-state index contributed by atoms with van der Waals surface area (Å²) >= 11 is 6.19. The van der Waals surface area contributed by atoms with Crippen LogP contribution < -0.4 is 10.1 Å². The molecule has 1 heterocycles. The molecule has 0 aliphatic carbocycles. The summed E-state index contributed by atoms with van der Waals surface area (Å²) in [5.41, 5.74) is 2.22. The summed E-state index contributed by atoms with van der Waals surface area (Å²) in [5.74, 6) is 1.27. The Morgan fingerprint density at radius 2 is 1.96 bits per heavy atom. The van der Waals surface area contributed by atoms with Gasteiger partial charge in [-0.25, -0.2) is 4.39 Å². The number of hydrogen-bond donors (Lipinski definition) is 1. The van der Waals surface area contributed by atoms with Gasteiger partial charge in [0, 0.05) is 18.1 Å². The molecule has 2 aromatic carbocycles. The summed E-state index contributed by atoms with van der Waals surface area (Å²) in [4.78, 5) is 4.38. The first-order valence-electron chi connectivity index (χ1n) is 7.58. The van der Waals surface area contributed by atoms with Crippen LogP contribution in [0.3, 0.4) is 0 Å². The van der Waals surface area contributed by atoms with Crippen molar-refractivity contribution in [2.24, 2.45) is 4.99 Å². The number of nitrogens with zero attached hydrogens (tertiary/aromatic N) is 1. The summed E-state index contributed by atoms with van der Waals surface area (Å²) in [7, 11) is 0. The van der Waals surface area contributed by atoms with E-state index in [0.717, 1.165) is 29.1 Å². The van der Waals surface area contributed by atoms with Gasteiger partial charge in [0.1, 0.15) is 23.2 Å². The third-order valence-corrected chi connectivity index (χ3v) is 4.34. The number of nitrogens with one attached hydrogen (secondary N) is 1. The minimum absolute atomic E-state index is 0.349. The van der Waals surface area contributed by atoms with Gasteiger partial charge in [0.2, 0.25) is 0 Å². The van der Waals surface area contributed by atoms with Gasteiger partial charge in [-0.3, -0.25) is 4.99 Å². The second-order valence-electron chi connectivity index (χ2n) is 5.60. The average molecular weight is 333 g/mol. The Bertz CT molecular complexity index is 751. The lowest BCUT2D eigenvalue weighted by molar-refractivity contribution is 0.473. The van der Waals surface area contributed by atoms with Crippen LogP contribution in [-0.2, 0) is 0 Å². The van der Waals surface area contributed by atoms with Crippen molar-refractivity contribution in [3.63, 3.8) is 0 Å². The molecule has 0 radical (unpaired) electrons. The second-order valence-corrected chi connectivity index (χ2v) is 5.97. The quantitative estimate of drug-likeness (QED) is 0.889. The maximum absolute atomic E-state index is 14.3. The Hall–Kier alpha value is -2.07. The highest BCUT2D eigenvalue weighted by atomic mass is 35.5. The zero-order valence-corrected chi connectivity index (χ0v) is 13.9. The van der Waals surface area contributed by atoms with Gasteiger partial charge in [0.25, 0.3) is 0 Å². The zero-order chi connectivity index (χ0) is 16.4. The van der Waals surface area contributed by atoms with E-state index in [0.29, 0.717) is 29.4 Å². The van der Waals surface area contributed by atoms with Crippen LogP contribution in [0.5, 0.6) is 11.5 Å². The van der Waals surface area contributed by atoms with E-state index in [-0.39, 0.29) is 5.82 Å². The van der Waals surface area contributed by atoms with Crippen LogP contribution in [0, 0.1) is 19.7 Å². The van der Waals surface area contributed by atoms with Crippen LogP contribution >= 0.6 is 11.6 Å². The van der Waals surface area contributed by atoms with E-state index in [1.54, 1.807) is 12.1 Å². The number of aliphatic imine (C=N–C) groups is 1. The van der Waals surface area contributed by atoms with E-state index in [1.165, 1.54) is 6.07 Å². The molecule has 23 heavy (non-hydrogen) atoms. The normalized spacial score (nSPS) is 14.2. The lowest BCUT2D eigenvalue weighted by atomic mass is 10.1. The van der Waals surface area contributed by atoms with Gasteiger partial charge in [0.05, 0.1) is 5.56 Å². The van der Waals surface area contributed by atoms with Crippen molar-refractivity contribution >= 4 is 17.4 Å². The Balaban J connectivity index is 2.00. The van der Waals surface area contributed by atoms with E-state index in [4.69, 9.17) is 16.3 Å². The first-order chi connectivity index (χ1) is 11.1. The molecule has 0 saturated heterocycles. The molecule has 1 N–H and O–H groups in total. The van der Waals surface area contributed by atoms with E-state index < -0.39 is 0 Å². The fourth-order valence-electron chi connectivity index (χ4n) is 2.61. The number of amidine groups is 1. The number of ether oxygens (including phenoxy) is 1. The van der Waals surface area contributed by atoms with Gasteiger partial charge in [-0.15, -0.1) is 0 Å². The largest absolute Gasteiger partial charge is 0.456 e. The fraction of sp³-hybridized carbons (Fsp3) is 0.278. The van der Waals surface area contributed by atoms with Crippen LogP contribution in [0.1, 0.15) is 23.1 Å². The van der Waals surface area contributed by atoms with Crippen molar-refractivity contribution in [3.8, 4) is 11.5 Å². The van der Waals surface area contributed by atoms with Gasteiger partial charge in [0.15, 0.2) is 0 Å². The van der Waals surface area contributed by atoms with Crippen molar-refractivity contribution in [1.29, 1.82) is 0 Å². The van der Waals surface area contributed by atoms with Crippen molar-refractivity contribution in [1.82, 2.24) is 5.32 Å². The standard InChI is InChI=1S/C18H18ClFN2O/c1-11-9-13(10-12(2)17(11)19)23-15-6-3-5-14(20)16(15)18-21-7-4-8-22-18/h3,5-6,9-10H,4,7-8H2,1-2H3,(H,21,22). The van der Waals surface area contributed by atoms with Crippen molar-refractivity contribution in [2.75, 3.05) is 13.1 Å². The van der Waals surface area contributed by atoms with Gasteiger partial charge >= 0.3 is 0 Å². The van der Waals surface area contributed by atoms with E-state index in [1.807, 2.05) is 26.0 Å². The average Bonchev–Trinajstić information content (AvgIpc) is 2.53. The molecule has 1 aliphatic heterocycles. The van der Waals surface area contributed by atoms with Crippen LogP contribution in [0.15, 0.2) is 35.3 Å². The number of hydrogen-bond acceptors (Lipinski definition) is 3. The summed E-state index contributed by atoms with van der Waals surface area (Å²) in [5, 5.41) is 3.86. The molecule has 0 aromatic heterocycles. The second kappa shape index (κ2) is 6.59. The zero-order valence-electron chi connectivity index (χ0n) is 13.1. The SMILES string of the molecule is Cc1cc(Oc2cccc(F)c2C2=NCCCN2)cc(C)c1Cl. The molecule has 0 spiro atoms. The smallest absolute Gasteiger partial charge is 0.141 e. The highest BCUT2D eigenvalue weighted by Gasteiger charge is 2.18. The van der Waals surface area contributed by atoms with Crippen molar-refractivity contribution < 1.29 is 9.13 Å². The topological polar surface area (TPSA) is 33.6 Å². The van der Waals surface area contributed by atoms with Crippen LogP contribution in [0.2, 0.25) is 5.02 Å². The summed E-state index contributed by atoms with van der Waals surface area (Å²) in [6.45, 7) is 5.31. The molecule has 1 aliphatic rings. The third kappa shape index (κ3) is 3.32. The van der Waals surface area contributed by atoms with Crippen LogP contribution in [0.4, 0.5) is 4.39 Å². The molecule has 0 saturated carbocycles. The summed E-state index contributed by atoms with van der Waals surface area (Å²) in [6, 6.07) is 8.49. The van der Waals surface area contributed by atoms with Gasteiger partial charge < -0.3 is 10.1 Å². The van der Waals surface area contributed by atoms with Gasteiger partial charge in [-0.05, 0) is 55.7 Å². The summed E-state index contributed by atoms with van der Waals surface area (Å²) < 4.78 is 20.3. The maximum atomic E-state index is 14.3. The number of rotatable bonds is 3. The lowest BCUT2D eigenvalue weighted by Gasteiger charge is -2.18. The monoisotopic (exact) mass is 332 g/mol. The van der Waals surface area contributed by atoms with E-state index in [2.05, 4.69) is 10.3 Å². The first kappa shape index (κ1) is 15.8. The molecule has 0 atom stereocenters. The Kier molecular flexibility index (Phi) is 4.53. The Morgan fingerprint density at radius 1 is 1.22 bits per heavy atom. The molecule has 0 amide bonds. The molecule has 3 rings (SSSR count). The molecule has 0 unspecified atom stereocenters. The Labute approximate surface area is 140 Å². The molecule has 5 heteroatoms. The number of benzene rings is 2. The van der Waals surface area contributed by atoms with Crippen molar-refractivity contribution in [3.05, 3.63) is 57.9 Å². The predicted octanol–water partition coefficient (Wildman–Crippen LogP) is 4.63. The fourth-order valence-corrected chi connectivity index (χ4v) is 2.72. The molecule has 3 nitrogen and oxygen atoms in total. The first-order valence-corrected chi connectivity index (χ1v) is 7.96. The highest BCUT2D eigenvalue weighted by molar-refractivity contribution is 6.32. The van der Waals surface area contributed by atoms with Crippen LogP contribution in [0.25, 0.3) is 0 Å². The van der Waals surface area contributed by atoms with Gasteiger partial charge in [-0.1, -0.05) is 17.7 Å². The van der Waals surface area contributed by atoms with E-state index in [9.17, 15) is 4.39 Å². The number of aryl methyl sites for hydroxylation is 2. The number of halogens is 2.